The predicted octanol–water partition coefficient (Wildman–Crippen LogP) is 4.42. The summed E-state index contributed by atoms with van der Waals surface area (Å²) in [6, 6.07) is 4.68. The standard InChI is InChI=1S/C22H26FN5O2/c1-13-17(22(5)6-8-27(9-7-22)20(29)30-21(2,3)4)19-25-16-11-15(23)10-14(12-24)18(16)28(19)26-13/h10-11,25H,6-9H2,1-5H3. The molecule has 3 heterocycles. The number of nitrogens with zero attached hydrogens (tertiary/aromatic N) is 4. The maximum absolute atomic E-state index is 13.9. The number of fused-ring (bicyclic) bond motifs is 3. The molecule has 0 atom stereocenters. The number of hydrogen-bond acceptors (Lipinski definition) is 4. The average molecular weight is 411 g/mol. The second kappa shape index (κ2) is 6.73. The maximum atomic E-state index is 13.9. The number of nitriles is 1. The van der Waals surface area contributed by atoms with Crippen molar-refractivity contribution in [3.05, 3.63) is 34.8 Å². The summed E-state index contributed by atoms with van der Waals surface area (Å²) >= 11 is 0. The minimum absolute atomic E-state index is 0.212. The minimum Gasteiger partial charge on any atom is -0.444 e. The van der Waals surface area contributed by atoms with E-state index in [1.165, 1.54) is 12.1 Å². The third-order valence-corrected chi connectivity index (χ3v) is 5.84. The first-order chi connectivity index (χ1) is 14.0. The van der Waals surface area contributed by atoms with E-state index >= 15 is 0 Å². The molecule has 7 nitrogen and oxygen atoms in total. The van der Waals surface area contributed by atoms with Crippen LogP contribution in [0.4, 0.5) is 9.18 Å². The third kappa shape index (κ3) is 3.28. The van der Waals surface area contributed by atoms with Crippen LogP contribution < -0.4 is 0 Å². The Bertz CT molecular complexity index is 1190. The van der Waals surface area contributed by atoms with Gasteiger partial charge in [-0.05, 0) is 52.7 Å². The molecule has 158 valence electrons. The van der Waals surface area contributed by atoms with Crippen molar-refractivity contribution in [3.8, 4) is 6.07 Å². The fourth-order valence-electron chi connectivity index (χ4n) is 4.42. The molecule has 1 saturated heterocycles. The molecule has 0 radical (unpaired) electrons. The maximum Gasteiger partial charge on any atom is 0.410 e. The molecule has 1 aliphatic rings. The number of piperidine rings is 1. The van der Waals surface area contributed by atoms with Gasteiger partial charge in [-0.3, -0.25) is 0 Å². The van der Waals surface area contributed by atoms with Gasteiger partial charge < -0.3 is 14.6 Å². The lowest BCUT2D eigenvalue weighted by molar-refractivity contribution is 0.0172. The van der Waals surface area contributed by atoms with Gasteiger partial charge in [0, 0.05) is 24.1 Å². The van der Waals surface area contributed by atoms with E-state index in [4.69, 9.17) is 4.74 Å². The van der Waals surface area contributed by atoms with Crippen LogP contribution in [0.1, 0.15) is 57.4 Å². The SMILES string of the molecule is Cc1nn2c([nH]c3cc(F)cc(C#N)c32)c1C1(C)CCN(C(=O)OC(C)(C)C)CC1. The molecule has 0 saturated carbocycles. The van der Waals surface area contributed by atoms with Gasteiger partial charge in [-0.1, -0.05) is 6.92 Å². The van der Waals surface area contributed by atoms with Gasteiger partial charge in [-0.25, -0.2) is 13.7 Å². The Kier molecular flexibility index (Phi) is 4.53. The number of aryl methyl sites for hydroxylation is 1. The number of hydrogen-bond donors (Lipinski definition) is 1. The zero-order chi connectivity index (χ0) is 21.8. The Morgan fingerprint density at radius 2 is 2.00 bits per heavy atom. The molecule has 0 aliphatic carbocycles. The largest absolute Gasteiger partial charge is 0.444 e. The first kappa shape index (κ1) is 20.2. The molecule has 0 unspecified atom stereocenters. The lowest BCUT2D eigenvalue weighted by Crippen LogP contribution is -2.46. The van der Waals surface area contributed by atoms with Gasteiger partial charge in [0.05, 0.1) is 16.8 Å². The molecule has 1 aromatic carbocycles. The van der Waals surface area contributed by atoms with Crippen molar-refractivity contribution in [1.82, 2.24) is 19.5 Å². The summed E-state index contributed by atoms with van der Waals surface area (Å²) in [6.07, 6.45) is 1.22. The number of benzene rings is 1. The summed E-state index contributed by atoms with van der Waals surface area (Å²) in [7, 11) is 0. The second-order valence-corrected chi connectivity index (χ2v) is 9.34. The van der Waals surface area contributed by atoms with Gasteiger partial charge in [-0.15, -0.1) is 0 Å². The molecule has 1 fully saturated rings. The van der Waals surface area contributed by atoms with Crippen LogP contribution in [0.3, 0.4) is 0 Å². The number of H-pyrrole nitrogens is 1. The number of rotatable bonds is 1. The number of aromatic amines is 1. The predicted molar refractivity (Wildman–Crippen MR) is 111 cm³/mol. The first-order valence-corrected chi connectivity index (χ1v) is 10.1. The fourth-order valence-corrected chi connectivity index (χ4v) is 4.42. The number of nitrogens with one attached hydrogen (secondary N) is 1. The number of amides is 1. The van der Waals surface area contributed by atoms with E-state index in [0.29, 0.717) is 24.1 Å². The average Bonchev–Trinajstić information content (AvgIpc) is 3.13. The van der Waals surface area contributed by atoms with Crippen molar-refractivity contribution < 1.29 is 13.9 Å². The number of imidazole rings is 1. The van der Waals surface area contributed by atoms with Gasteiger partial charge in [0.25, 0.3) is 0 Å². The number of likely N-dealkylation sites (tertiary alicyclic amines) is 1. The highest BCUT2D eigenvalue weighted by atomic mass is 19.1. The van der Waals surface area contributed by atoms with E-state index in [9.17, 15) is 14.4 Å². The van der Waals surface area contributed by atoms with Crippen molar-refractivity contribution in [2.24, 2.45) is 0 Å². The summed E-state index contributed by atoms with van der Waals surface area (Å²) in [5, 5.41) is 14.1. The molecule has 30 heavy (non-hydrogen) atoms. The minimum atomic E-state index is -0.523. The van der Waals surface area contributed by atoms with Crippen LogP contribution in [-0.2, 0) is 10.2 Å². The summed E-state index contributed by atoms with van der Waals surface area (Å²) < 4.78 is 21.1. The van der Waals surface area contributed by atoms with Gasteiger partial charge in [0.15, 0.2) is 0 Å². The van der Waals surface area contributed by atoms with Crippen LogP contribution in [0, 0.1) is 24.1 Å². The van der Waals surface area contributed by atoms with Crippen LogP contribution >= 0.6 is 0 Å². The van der Waals surface area contributed by atoms with Gasteiger partial charge in [0.2, 0.25) is 0 Å². The van der Waals surface area contributed by atoms with Crippen molar-refractivity contribution in [3.63, 3.8) is 0 Å². The first-order valence-electron chi connectivity index (χ1n) is 10.1. The monoisotopic (exact) mass is 411 g/mol. The van der Waals surface area contributed by atoms with Gasteiger partial charge in [-0.2, -0.15) is 10.4 Å². The Morgan fingerprint density at radius 3 is 2.60 bits per heavy atom. The zero-order valence-corrected chi connectivity index (χ0v) is 18.0. The third-order valence-electron chi connectivity index (χ3n) is 5.84. The fraction of sp³-hybridized carbons (Fsp3) is 0.500. The molecule has 2 aromatic heterocycles. The van der Waals surface area contributed by atoms with Crippen molar-refractivity contribution in [1.29, 1.82) is 5.26 Å². The van der Waals surface area contributed by atoms with Crippen LogP contribution in [0.5, 0.6) is 0 Å². The molecule has 8 heteroatoms. The van der Waals surface area contributed by atoms with E-state index in [0.717, 1.165) is 29.7 Å². The van der Waals surface area contributed by atoms with Crippen molar-refractivity contribution in [2.45, 2.75) is 58.5 Å². The molecular weight excluding hydrogens is 385 g/mol. The highest BCUT2D eigenvalue weighted by Gasteiger charge is 2.38. The normalized spacial score (nSPS) is 16.8. The second-order valence-electron chi connectivity index (χ2n) is 9.34. The van der Waals surface area contributed by atoms with E-state index in [1.54, 1.807) is 9.42 Å². The van der Waals surface area contributed by atoms with E-state index in [1.807, 2.05) is 27.7 Å². The Labute approximate surface area is 174 Å². The molecule has 0 spiro atoms. The van der Waals surface area contributed by atoms with Crippen LogP contribution in [0.25, 0.3) is 16.7 Å². The number of halogens is 1. The van der Waals surface area contributed by atoms with E-state index < -0.39 is 11.4 Å². The van der Waals surface area contributed by atoms with Gasteiger partial charge >= 0.3 is 6.09 Å². The molecule has 0 bridgehead atoms. The van der Waals surface area contributed by atoms with Crippen molar-refractivity contribution >= 4 is 22.8 Å². The highest BCUT2D eigenvalue weighted by Crippen LogP contribution is 2.40. The Balaban J connectivity index is 1.70. The summed E-state index contributed by atoms with van der Waals surface area (Å²) in [5.41, 5.74) is 3.33. The van der Waals surface area contributed by atoms with Crippen molar-refractivity contribution in [2.75, 3.05) is 13.1 Å². The highest BCUT2D eigenvalue weighted by molar-refractivity contribution is 5.86. The molecule has 1 aliphatic heterocycles. The molecule has 4 rings (SSSR count). The summed E-state index contributed by atoms with van der Waals surface area (Å²) in [6.45, 7) is 10.9. The van der Waals surface area contributed by atoms with Crippen LogP contribution in [0.15, 0.2) is 12.1 Å². The van der Waals surface area contributed by atoms with Crippen LogP contribution in [-0.4, -0.2) is 44.3 Å². The van der Waals surface area contributed by atoms with E-state index in [-0.39, 0.29) is 17.1 Å². The summed E-state index contributed by atoms with van der Waals surface area (Å²) in [4.78, 5) is 17.4. The lowest BCUT2D eigenvalue weighted by Gasteiger charge is -2.39. The molecule has 3 aromatic rings. The Hall–Kier alpha value is -3.08. The zero-order valence-electron chi connectivity index (χ0n) is 18.0. The van der Waals surface area contributed by atoms with E-state index in [2.05, 4.69) is 23.1 Å². The number of carbonyl (C=O) groups is 1. The topological polar surface area (TPSA) is 86.4 Å². The molecule has 1 amide bonds. The smallest absolute Gasteiger partial charge is 0.410 e. The molecule has 1 N–H and O–H groups in total. The number of aromatic nitrogens is 3. The Morgan fingerprint density at radius 1 is 1.33 bits per heavy atom. The quantitative estimate of drug-likeness (QED) is 0.642. The van der Waals surface area contributed by atoms with Gasteiger partial charge in [0.1, 0.15) is 28.7 Å². The summed E-state index contributed by atoms with van der Waals surface area (Å²) in [5.74, 6) is -0.460. The van der Waals surface area contributed by atoms with Crippen LogP contribution in [0.2, 0.25) is 0 Å². The molecular formula is C22H26FN5O2. The lowest BCUT2D eigenvalue weighted by atomic mass is 9.74. The number of ether oxygens (including phenoxy) is 1. The number of carbonyl (C=O) groups excluding carboxylic acids is 1.